The Morgan fingerprint density at radius 1 is 1.39 bits per heavy atom. The van der Waals surface area contributed by atoms with E-state index in [4.69, 9.17) is 5.73 Å². The van der Waals surface area contributed by atoms with Crippen LogP contribution in [-0.2, 0) is 13.0 Å². The number of thiazole rings is 1. The van der Waals surface area contributed by atoms with Gasteiger partial charge in [0, 0.05) is 36.4 Å². The predicted octanol–water partition coefficient (Wildman–Crippen LogP) is 1.53. The molecule has 0 aliphatic rings. The summed E-state index contributed by atoms with van der Waals surface area (Å²) in [6, 6.07) is 0.145. The molecule has 3 rings (SSSR count). The maximum atomic E-state index is 5.76. The zero-order valence-electron chi connectivity index (χ0n) is 10.2. The molecule has 3 aromatic rings. The first-order chi connectivity index (χ1) is 8.70. The molecule has 5 nitrogen and oxygen atoms in total. The summed E-state index contributed by atoms with van der Waals surface area (Å²) in [6.07, 6.45) is 8.76. The van der Waals surface area contributed by atoms with Crippen molar-refractivity contribution < 1.29 is 0 Å². The van der Waals surface area contributed by atoms with E-state index in [1.807, 2.05) is 40.0 Å². The van der Waals surface area contributed by atoms with Crippen LogP contribution in [0.5, 0.6) is 0 Å². The summed E-state index contributed by atoms with van der Waals surface area (Å²) in [5, 5.41) is 2.03. The molecule has 0 radical (unpaired) electrons. The number of rotatable bonds is 4. The molecule has 1 atom stereocenters. The van der Waals surface area contributed by atoms with Crippen molar-refractivity contribution in [1.82, 2.24) is 18.9 Å². The third kappa shape index (κ3) is 2.30. The Balaban J connectivity index is 1.75. The van der Waals surface area contributed by atoms with Gasteiger partial charge in [0.15, 0.2) is 4.96 Å². The van der Waals surface area contributed by atoms with Crippen molar-refractivity contribution >= 4 is 16.3 Å². The van der Waals surface area contributed by atoms with E-state index < -0.39 is 0 Å². The third-order valence-corrected chi connectivity index (χ3v) is 3.48. The van der Waals surface area contributed by atoms with Crippen LogP contribution < -0.4 is 5.73 Å². The molecule has 0 fully saturated rings. The second-order valence-electron chi connectivity index (χ2n) is 4.54. The van der Waals surface area contributed by atoms with Crippen LogP contribution in [0.4, 0.5) is 0 Å². The fourth-order valence-electron chi connectivity index (χ4n) is 1.97. The largest absolute Gasteiger partial charge is 0.331 e. The van der Waals surface area contributed by atoms with Crippen molar-refractivity contribution in [2.24, 2.45) is 5.73 Å². The Labute approximate surface area is 109 Å². The molecule has 6 heteroatoms. The maximum absolute atomic E-state index is 5.76. The van der Waals surface area contributed by atoms with Crippen LogP contribution in [0.3, 0.4) is 0 Å². The first-order valence-corrected chi connectivity index (χ1v) is 6.76. The Morgan fingerprint density at radius 2 is 2.28 bits per heavy atom. The van der Waals surface area contributed by atoms with Crippen LogP contribution in [0.15, 0.2) is 30.3 Å². The summed E-state index contributed by atoms with van der Waals surface area (Å²) in [7, 11) is 0. The molecule has 0 aliphatic carbocycles. The highest BCUT2D eigenvalue weighted by Gasteiger charge is 2.05. The van der Waals surface area contributed by atoms with Gasteiger partial charge < -0.3 is 10.3 Å². The number of hydrogen-bond donors (Lipinski definition) is 1. The van der Waals surface area contributed by atoms with Gasteiger partial charge in [-0.2, -0.15) is 0 Å². The van der Waals surface area contributed by atoms with Gasteiger partial charge in [0.25, 0.3) is 0 Å². The summed E-state index contributed by atoms with van der Waals surface area (Å²) in [6.45, 7) is 2.74. The van der Waals surface area contributed by atoms with E-state index in [0.29, 0.717) is 0 Å². The van der Waals surface area contributed by atoms with Crippen molar-refractivity contribution in [2.45, 2.75) is 25.9 Å². The minimum atomic E-state index is 0.145. The lowest BCUT2D eigenvalue weighted by Crippen LogP contribution is -2.17. The molecule has 0 bridgehead atoms. The highest BCUT2D eigenvalue weighted by Crippen LogP contribution is 2.12. The van der Waals surface area contributed by atoms with Gasteiger partial charge in [-0.1, -0.05) is 0 Å². The van der Waals surface area contributed by atoms with Crippen LogP contribution in [-0.4, -0.2) is 25.0 Å². The van der Waals surface area contributed by atoms with Gasteiger partial charge >= 0.3 is 0 Å². The maximum Gasteiger partial charge on any atom is 0.193 e. The van der Waals surface area contributed by atoms with Crippen molar-refractivity contribution in [3.8, 4) is 0 Å². The van der Waals surface area contributed by atoms with E-state index in [2.05, 4.69) is 16.2 Å². The van der Waals surface area contributed by atoms with Gasteiger partial charge in [-0.3, -0.25) is 4.40 Å². The molecular weight excluding hydrogens is 246 g/mol. The minimum absolute atomic E-state index is 0.145. The van der Waals surface area contributed by atoms with E-state index in [1.165, 1.54) is 0 Å². The lowest BCUT2D eigenvalue weighted by atomic mass is 10.2. The average Bonchev–Trinajstić information content (AvgIpc) is 2.93. The molecule has 0 saturated heterocycles. The second-order valence-corrected chi connectivity index (χ2v) is 5.42. The Morgan fingerprint density at radius 3 is 3.06 bits per heavy atom. The van der Waals surface area contributed by atoms with Crippen molar-refractivity contribution in [2.75, 3.05) is 0 Å². The molecule has 2 N–H and O–H groups in total. The lowest BCUT2D eigenvalue weighted by molar-refractivity contribution is 0.722. The van der Waals surface area contributed by atoms with Crippen LogP contribution in [0.25, 0.3) is 4.96 Å². The SMILES string of the molecule is CC(N)Cc1cn(Cc2cn3ccsc3n2)cn1. The number of hydrogen-bond acceptors (Lipinski definition) is 4. The van der Waals surface area contributed by atoms with Crippen LogP contribution in [0, 0.1) is 0 Å². The molecule has 1 unspecified atom stereocenters. The van der Waals surface area contributed by atoms with E-state index >= 15 is 0 Å². The van der Waals surface area contributed by atoms with E-state index in [-0.39, 0.29) is 6.04 Å². The Hall–Kier alpha value is -1.66. The molecule has 0 amide bonds. The zero-order valence-corrected chi connectivity index (χ0v) is 11.0. The standard InChI is InChI=1S/C12H15N5S/c1-9(13)4-10-5-16(8-14-10)6-11-7-17-2-3-18-12(17)15-11/h2-3,5,7-9H,4,6,13H2,1H3. The quantitative estimate of drug-likeness (QED) is 0.774. The number of aromatic nitrogens is 4. The summed E-state index contributed by atoms with van der Waals surface area (Å²) in [5.41, 5.74) is 7.84. The number of imidazole rings is 2. The van der Waals surface area contributed by atoms with Gasteiger partial charge in [-0.15, -0.1) is 11.3 Å². The van der Waals surface area contributed by atoms with Gasteiger partial charge in [0.05, 0.1) is 24.3 Å². The molecule has 0 spiro atoms. The van der Waals surface area contributed by atoms with Crippen LogP contribution in [0.1, 0.15) is 18.3 Å². The molecule has 0 aliphatic heterocycles. The van der Waals surface area contributed by atoms with Gasteiger partial charge in [-0.25, -0.2) is 9.97 Å². The van der Waals surface area contributed by atoms with Crippen molar-refractivity contribution in [3.05, 3.63) is 41.7 Å². The fourth-order valence-corrected chi connectivity index (χ4v) is 2.69. The minimum Gasteiger partial charge on any atom is -0.331 e. The lowest BCUT2D eigenvalue weighted by Gasteiger charge is -2.00. The summed E-state index contributed by atoms with van der Waals surface area (Å²) < 4.78 is 4.09. The number of nitrogens with zero attached hydrogens (tertiary/aromatic N) is 4. The van der Waals surface area contributed by atoms with Crippen LogP contribution >= 0.6 is 11.3 Å². The van der Waals surface area contributed by atoms with Gasteiger partial charge in [0.1, 0.15) is 0 Å². The predicted molar refractivity (Wildman–Crippen MR) is 71.8 cm³/mol. The number of fused-ring (bicyclic) bond motifs is 1. The molecule has 18 heavy (non-hydrogen) atoms. The second kappa shape index (κ2) is 4.55. The highest BCUT2D eigenvalue weighted by atomic mass is 32.1. The first kappa shape index (κ1) is 11.4. The van der Waals surface area contributed by atoms with E-state index in [1.54, 1.807) is 11.3 Å². The molecular formula is C12H15N5S. The average molecular weight is 261 g/mol. The Bertz CT molecular complexity index is 620. The van der Waals surface area contributed by atoms with Crippen LogP contribution in [0.2, 0.25) is 0 Å². The van der Waals surface area contributed by atoms with Crippen molar-refractivity contribution in [1.29, 1.82) is 0 Å². The number of nitrogens with two attached hydrogens (primary N) is 1. The molecule has 0 saturated carbocycles. The van der Waals surface area contributed by atoms with E-state index in [0.717, 1.165) is 29.3 Å². The molecule has 0 aromatic carbocycles. The topological polar surface area (TPSA) is 61.1 Å². The Kier molecular flexibility index (Phi) is 2.89. The van der Waals surface area contributed by atoms with Gasteiger partial charge in [-0.05, 0) is 6.92 Å². The van der Waals surface area contributed by atoms with Gasteiger partial charge in [0.2, 0.25) is 0 Å². The summed E-state index contributed by atoms with van der Waals surface area (Å²) in [5.74, 6) is 0. The normalized spacial score (nSPS) is 13.2. The zero-order chi connectivity index (χ0) is 12.5. The van der Waals surface area contributed by atoms with Crippen molar-refractivity contribution in [3.63, 3.8) is 0 Å². The summed E-state index contributed by atoms with van der Waals surface area (Å²) >= 11 is 1.64. The molecule has 3 heterocycles. The monoisotopic (exact) mass is 261 g/mol. The highest BCUT2D eigenvalue weighted by molar-refractivity contribution is 7.15. The molecule has 94 valence electrons. The first-order valence-electron chi connectivity index (χ1n) is 5.88. The fraction of sp³-hybridized carbons (Fsp3) is 0.333. The smallest absolute Gasteiger partial charge is 0.193 e. The summed E-state index contributed by atoms with van der Waals surface area (Å²) in [4.78, 5) is 9.92. The third-order valence-electron chi connectivity index (χ3n) is 2.71. The molecule has 3 aromatic heterocycles. The van der Waals surface area contributed by atoms with E-state index in [9.17, 15) is 0 Å².